The van der Waals surface area contributed by atoms with Gasteiger partial charge in [0.05, 0.1) is 12.2 Å². The fraction of sp³-hybridized carbons (Fsp3) is 0.588. The van der Waals surface area contributed by atoms with Crippen LogP contribution in [0.15, 0.2) is 18.2 Å². The minimum Gasteiger partial charge on any atom is -0.530 e. The van der Waals surface area contributed by atoms with Gasteiger partial charge in [-0.25, -0.2) is 8.78 Å². The van der Waals surface area contributed by atoms with Crippen LogP contribution < -0.4 is 10.4 Å². The predicted octanol–water partition coefficient (Wildman–Crippen LogP) is 2.71. The summed E-state index contributed by atoms with van der Waals surface area (Å²) in [5.74, 6) is -1.39. The molecule has 0 spiro atoms. The Hall–Kier alpha value is -1.51. The highest BCUT2D eigenvalue weighted by molar-refractivity contribution is 6.74. The lowest BCUT2D eigenvalue weighted by molar-refractivity contribution is -0.251. The van der Waals surface area contributed by atoms with E-state index < -0.39 is 38.3 Å². The molecular formula is C17H26F2NO4Si-. The van der Waals surface area contributed by atoms with Crippen LogP contribution in [0.2, 0.25) is 18.1 Å². The van der Waals surface area contributed by atoms with E-state index in [2.05, 4.69) is 5.32 Å². The van der Waals surface area contributed by atoms with Crippen molar-refractivity contribution in [2.45, 2.75) is 57.5 Å². The zero-order valence-corrected chi connectivity index (χ0v) is 16.2. The lowest BCUT2D eigenvalue weighted by atomic mass is 10.0. The number of nitrogens with one attached hydrogen (secondary N) is 1. The molecule has 142 valence electrons. The van der Waals surface area contributed by atoms with Crippen molar-refractivity contribution in [3.63, 3.8) is 0 Å². The Balaban J connectivity index is 2.96. The zero-order chi connectivity index (χ0) is 19.4. The van der Waals surface area contributed by atoms with Gasteiger partial charge in [0, 0.05) is 18.5 Å². The maximum atomic E-state index is 13.8. The maximum Gasteiger partial charge on any atom is 0.192 e. The number of carboxylic acid groups (broad SMARTS) is 1. The normalized spacial score (nSPS) is 14.9. The Morgan fingerprint density at radius 1 is 1.36 bits per heavy atom. The van der Waals surface area contributed by atoms with Crippen LogP contribution in [0.4, 0.5) is 13.6 Å². The van der Waals surface area contributed by atoms with Gasteiger partial charge in [-0.3, -0.25) is 0 Å². The molecule has 0 aliphatic rings. The van der Waals surface area contributed by atoms with Crippen LogP contribution in [-0.2, 0) is 4.43 Å². The highest BCUT2D eigenvalue weighted by Gasteiger charge is 2.39. The number of carbonyl (C=O) groups excluding carboxylic acids is 1. The molecule has 2 atom stereocenters. The molecule has 8 heteroatoms. The molecule has 1 aromatic carbocycles. The number of hydrogen-bond acceptors (Lipinski definition) is 4. The van der Waals surface area contributed by atoms with E-state index >= 15 is 0 Å². The van der Waals surface area contributed by atoms with Crippen molar-refractivity contribution in [3.8, 4) is 0 Å². The van der Waals surface area contributed by atoms with E-state index in [4.69, 9.17) is 4.43 Å². The molecule has 1 unspecified atom stereocenters. The predicted molar refractivity (Wildman–Crippen MR) is 91.4 cm³/mol. The van der Waals surface area contributed by atoms with Crippen LogP contribution in [0.25, 0.3) is 0 Å². The van der Waals surface area contributed by atoms with Crippen LogP contribution in [0.5, 0.6) is 0 Å². The van der Waals surface area contributed by atoms with Gasteiger partial charge >= 0.3 is 0 Å². The SMILES string of the molecule is CC(C)(C)[Si](C)(C)O[C@@H](CNC(=O)[O-])CC(O)c1cc(F)ccc1F. The third-order valence-corrected chi connectivity index (χ3v) is 9.08. The van der Waals surface area contributed by atoms with Gasteiger partial charge in [0.25, 0.3) is 0 Å². The molecule has 1 aromatic rings. The van der Waals surface area contributed by atoms with E-state index in [1.807, 2.05) is 33.9 Å². The van der Waals surface area contributed by atoms with Crippen molar-refractivity contribution in [1.29, 1.82) is 0 Å². The third-order valence-electron chi connectivity index (χ3n) is 4.54. The van der Waals surface area contributed by atoms with Crippen LogP contribution in [0, 0.1) is 11.6 Å². The second-order valence-corrected chi connectivity index (χ2v) is 12.3. The molecule has 1 amide bonds. The Labute approximate surface area is 148 Å². The Morgan fingerprint density at radius 3 is 2.48 bits per heavy atom. The van der Waals surface area contributed by atoms with E-state index in [-0.39, 0.29) is 23.6 Å². The van der Waals surface area contributed by atoms with Crippen LogP contribution in [-0.4, -0.2) is 32.2 Å². The van der Waals surface area contributed by atoms with Crippen molar-refractivity contribution in [2.75, 3.05) is 6.54 Å². The van der Waals surface area contributed by atoms with Crippen molar-refractivity contribution in [2.24, 2.45) is 0 Å². The minimum atomic E-state index is -2.26. The third kappa shape index (κ3) is 6.37. The fourth-order valence-corrected chi connectivity index (χ4v) is 3.48. The second kappa shape index (κ2) is 8.24. The molecule has 0 radical (unpaired) electrons. The van der Waals surface area contributed by atoms with Gasteiger partial charge in [-0.2, -0.15) is 0 Å². The van der Waals surface area contributed by atoms with Gasteiger partial charge in [-0.15, -0.1) is 0 Å². The molecule has 25 heavy (non-hydrogen) atoms. The number of aliphatic hydroxyl groups excluding tert-OH is 1. The van der Waals surface area contributed by atoms with E-state index in [0.29, 0.717) is 0 Å². The van der Waals surface area contributed by atoms with Crippen LogP contribution >= 0.6 is 0 Å². The van der Waals surface area contributed by atoms with Crippen molar-refractivity contribution in [3.05, 3.63) is 35.4 Å². The number of halogens is 2. The monoisotopic (exact) mass is 374 g/mol. The number of carbonyl (C=O) groups is 1. The number of benzene rings is 1. The first kappa shape index (κ1) is 21.5. The van der Waals surface area contributed by atoms with Crippen molar-refractivity contribution >= 4 is 14.4 Å². The molecule has 1 rings (SSSR count). The molecule has 0 fully saturated rings. The lowest BCUT2D eigenvalue weighted by Gasteiger charge is -2.40. The van der Waals surface area contributed by atoms with Gasteiger partial charge in [0.2, 0.25) is 0 Å². The van der Waals surface area contributed by atoms with E-state index in [0.717, 1.165) is 18.2 Å². The largest absolute Gasteiger partial charge is 0.530 e. The summed E-state index contributed by atoms with van der Waals surface area (Å²) in [6, 6.07) is 2.83. The van der Waals surface area contributed by atoms with Gasteiger partial charge in [-0.1, -0.05) is 20.8 Å². The maximum absolute atomic E-state index is 13.8. The molecule has 0 saturated heterocycles. The lowest BCUT2D eigenvalue weighted by Crippen LogP contribution is -2.49. The number of hydrogen-bond donors (Lipinski definition) is 2. The highest BCUT2D eigenvalue weighted by Crippen LogP contribution is 2.38. The quantitative estimate of drug-likeness (QED) is 0.719. The van der Waals surface area contributed by atoms with Crippen molar-refractivity contribution < 1.29 is 28.2 Å². The molecule has 0 saturated carbocycles. The minimum absolute atomic E-state index is 0.0762. The molecule has 5 nitrogen and oxygen atoms in total. The standard InChI is InChI=1S/C17H27F2NO4Si/c1-17(2,3)25(4,5)24-12(10-20-16(22)23)9-15(21)13-8-11(18)6-7-14(13)19/h6-8,12,15,20-21H,9-10H2,1-5H3,(H,22,23)/p-1/t12-,15?/m1/s1. The highest BCUT2D eigenvalue weighted by atomic mass is 28.4. The summed E-state index contributed by atoms with van der Waals surface area (Å²) in [6.45, 7) is 9.91. The summed E-state index contributed by atoms with van der Waals surface area (Å²) < 4.78 is 33.3. The molecular weight excluding hydrogens is 348 g/mol. The van der Waals surface area contributed by atoms with E-state index in [1.54, 1.807) is 0 Å². The first-order valence-electron chi connectivity index (χ1n) is 8.09. The fourth-order valence-electron chi connectivity index (χ4n) is 2.11. The van der Waals surface area contributed by atoms with Crippen LogP contribution in [0.1, 0.15) is 38.9 Å². The molecule has 2 N–H and O–H groups in total. The summed E-state index contributed by atoms with van der Waals surface area (Å²) in [7, 11) is -2.26. The molecule has 0 aromatic heterocycles. The Bertz CT molecular complexity index is 605. The van der Waals surface area contributed by atoms with E-state index in [1.165, 1.54) is 0 Å². The van der Waals surface area contributed by atoms with Crippen molar-refractivity contribution in [1.82, 2.24) is 5.32 Å². The Kier molecular flexibility index (Phi) is 7.10. The molecule has 0 bridgehead atoms. The van der Waals surface area contributed by atoms with E-state index in [9.17, 15) is 23.8 Å². The summed E-state index contributed by atoms with van der Waals surface area (Å²) in [4.78, 5) is 10.7. The number of amides is 1. The summed E-state index contributed by atoms with van der Waals surface area (Å²) in [6.07, 6.45) is -3.56. The molecule has 0 heterocycles. The average Bonchev–Trinajstić information content (AvgIpc) is 2.45. The molecule has 0 aliphatic carbocycles. The molecule has 0 aliphatic heterocycles. The first-order chi connectivity index (χ1) is 11.3. The first-order valence-corrected chi connectivity index (χ1v) is 11.0. The van der Waals surface area contributed by atoms with Gasteiger partial charge in [0.15, 0.2) is 8.32 Å². The smallest absolute Gasteiger partial charge is 0.192 e. The second-order valence-electron chi connectivity index (χ2n) is 7.59. The Morgan fingerprint density at radius 2 is 1.96 bits per heavy atom. The van der Waals surface area contributed by atoms with Gasteiger partial charge in [-0.05, 0) is 36.3 Å². The topological polar surface area (TPSA) is 81.6 Å². The number of rotatable bonds is 7. The van der Waals surface area contributed by atoms with Gasteiger partial charge < -0.3 is 24.8 Å². The zero-order valence-electron chi connectivity index (χ0n) is 15.2. The summed E-state index contributed by atoms with van der Waals surface area (Å²) in [5.41, 5.74) is -0.183. The number of aliphatic hydroxyl groups is 1. The summed E-state index contributed by atoms with van der Waals surface area (Å²) >= 11 is 0. The van der Waals surface area contributed by atoms with Crippen LogP contribution in [0.3, 0.4) is 0 Å². The van der Waals surface area contributed by atoms with Gasteiger partial charge in [0.1, 0.15) is 17.7 Å². The summed E-state index contributed by atoms with van der Waals surface area (Å²) in [5, 5.41) is 23.0. The average molecular weight is 374 g/mol.